The van der Waals surface area contributed by atoms with E-state index in [9.17, 15) is 0 Å². The Morgan fingerprint density at radius 2 is 1.08 bits per heavy atom. The van der Waals surface area contributed by atoms with Crippen molar-refractivity contribution < 1.29 is 8.83 Å². The molecule has 2 aromatic heterocycles. The van der Waals surface area contributed by atoms with Crippen LogP contribution in [0, 0.1) is 6.92 Å². The lowest BCUT2D eigenvalue weighted by atomic mass is 9.80. The van der Waals surface area contributed by atoms with Crippen LogP contribution in [0.2, 0.25) is 0 Å². The van der Waals surface area contributed by atoms with E-state index >= 15 is 0 Å². The smallest absolute Gasteiger partial charge is 0.160 e. The van der Waals surface area contributed by atoms with Gasteiger partial charge in [0.2, 0.25) is 0 Å². The number of nitrogens with zero attached hydrogens (tertiary/aromatic N) is 2. The highest BCUT2D eigenvalue weighted by Gasteiger charge is 2.25. The van der Waals surface area contributed by atoms with Gasteiger partial charge in [0.05, 0.1) is 11.4 Å². The molecule has 75 heavy (non-hydrogen) atoms. The maximum atomic E-state index is 7.11. The third-order valence-electron chi connectivity index (χ3n) is 15.2. The minimum absolute atomic E-state index is 0.190. The normalized spacial score (nSPS) is 15.5. The first kappa shape index (κ1) is 45.7. The Kier molecular flexibility index (Phi) is 12.0. The molecule has 360 valence electrons. The molecule has 3 heterocycles. The third kappa shape index (κ3) is 8.58. The van der Waals surface area contributed by atoms with Crippen molar-refractivity contribution >= 4 is 61.1 Å². The van der Waals surface area contributed by atoms with Gasteiger partial charge in [0.15, 0.2) is 5.84 Å². The summed E-state index contributed by atoms with van der Waals surface area (Å²) in [5, 5.41) is 4.46. The maximum absolute atomic E-state index is 7.11. The van der Waals surface area contributed by atoms with Gasteiger partial charge in [-0.2, -0.15) is 0 Å². The Labute approximate surface area is 437 Å². The third-order valence-corrected chi connectivity index (χ3v) is 15.2. The van der Waals surface area contributed by atoms with Gasteiger partial charge < -0.3 is 8.83 Å². The first-order chi connectivity index (χ1) is 37.1. The van der Waals surface area contributed by atoms with E-state index in [4.69, 9.17) is 18.8 Å². The highest BCUT2D eigenvalue weighted by Crippen LogP contribution is 2.46. The van der Waals surface area contributed by atoms with Gasteiger partial charge in [-0.05, 0) is 136 Å². The molecule has 4 heteroatoms. The minimum Gasteiger partial charge on any atom is -0.456 e. The molecule has 1 atom stereocenters. The number of fused-ring (bicyclic) bond motifs is 6. The van der Waals surface area contributed by atoms with E-state index in [1.807, 2.05) is 12.1 Å². The number of aliphatic imine (C=N–C) groups is 2. The molecule has 0 fully saturated rings. The van der Waals surface area contributed by atoms with Gasteiger partial charge in [-0.1, -0.05) is 213 Å². The topological polar surface area (TPSA) is 51.0 Å². The quantitative estimate of drug-likeness (QED) is 0.130. The number of furan rings is 2. The standard InChI is InChI=1S/C71H54N2O2/c1-3-47(55-40-39-51(48-22-7-4-8-23-48)45-61(55)54-30-14-13-21-46(54)2)44-62-57(41-42-67-69(62)59-31-15-16-37-65(59)74-67)58-33-18-34-60-68-56(32-19-38-66(68)75-70(58)60)52-28-17-29-53(43-52)64-36-20-35-63(49-24-9-5-10-25-49)72-71(73-64)50-26-11-6-12-27-50/h4-19,21-35,37-43,45,47H,3,20,36,44H2,1-2H3/b63-35-,72-71-,73-64+. The van der Waals surface area contributed by atoms with Crippen molar-refractivity contribution in [1.82, 2.24) is 0 Å². The summed E-state index contributed by atoms with van der Waals surface area (Å²) in [4.78, 5) is 10.6. The molecule has 0 saturated carbocycles. The zero-order chi connectivity index (χ0) is 50.2. The van der Waals surface area contributed by atoms with Crippen molar-refractivity contribution in [2.45, 2.75) is 45.4 Å². The summed E-state index contributed by atoms with van der Waals surface area (Å²) in [6.07, 6.45) is 5.59. The number of para-hydroxylation sites is 2. The second kappa shape index (κ2) is 19.7. The molecule has 1 unspecified atom stereocenters. The van der Waals surface area contributed by atoms with Crippen LogP contribution in [0.25, 0.3) is 94.1 Å². The fourth-order valence-electron chi connectivity index (χ4n) is 11.5. The van der Waals surface area contributed by atoms with Crippen LogP contribution in [0.15, 0.2) is 255 Å². The Bertz CT molecular complexity index is 4190. The van der Waals surface area contributed by atoms with Gasteiger partial charge in [-0.3, -0.25) is 0 Å². The zero-order valence-electron chi connectivity index (χ0n) is 42.1. The summed E-state index contributed by atoms with van der Waals surface area (Å²) in [5.41, 5.74) is 21.9. The molecule has 0 spiro atoms. The lowest BCUT2D eigenvalue weighted by Gasteiger charge is -2.23. The van der Waals surface area contributed by atoms with Gasteiger partial charge >= 0.3 is 0 Å². The highest BCUT2D eigenvalue weighted by molar-refractivity contribution is 6.18. The maximum Gasteiger partial charge on any atom is 0.160 e. The molecular weight excluding hydrogens is 913 g/mol. The highest BCUT2D eigenvalue weighted by atomic mass is 16.3. The molecule has 0 aliphatic carbocycles. The van der Waals surface area contributed by atoms with Crippen LogP contribution in [0.5, 0.6) is 0 Å². The average Bonchev–Trinajstić information content (AvgIpc) is 4.06. The number of rotatable bonds is 11. The Morgan fingerprint density at radius 3 is 1.89 bits per heavy atom. The van der Waals surface area contributed by atoms with Crippen molar-refractivity contribution in [2.75, 3.05) is 0 Å². The van der Waals surface area contributed by atoms with Crippen molar-refractivity contribution in [3.8, 4) is 44.5 Å². The Hall–Kier alpha value is -9.12. The Morgan fingerprint density at radius 1 is 0.440 bits per heavy atom. The summed E-state index contributed by atoms with van der Waals surface area (Å²) in [6.45, 7) is 4.56. The van der Waals surface area contributed by atoms with E-state index in [0.717, 1.165) is 120 Å². The summed E-state index contributed by atoms with van der Waals surface area (Å²) in [5.74, 6) is 0.899. The predicted octanol–water partition coefficient (Wildman–Crippen LogP) is 19.3. The number of benzene rings is 10. The molecule has 1 aliphatic heterocycles. The predicted molar refractivity (Wildman–Crippen MR) is 314 cm³/mol. The van der Waals surface area contributed by atoms with Crippen molar-refractivity contribution in [2.24, 2.45) is 9.98 Å². The van der Waals surface area contributed by atoms with E-state index in [2.05, 4.69) is 238 Å². The monoisotopic (exact) mass is 966 g/mol. The minimum atomic E-state index is 0.190. The van der Waals surface area contributed by atoms with Crippen LogP contribution in [-0.4, -0.2) is 11.5 Å². The van der Waals surface area contributed by atoms with E-state index in [-0.39, 0.29) is 5.92 Å². The number of aryl methyl sites for hydroxylation is 1. The van der Waals surface area contributed by atoms with Gasteiger partial charge in [0.1, 0.15) is 22.3 Å². The van der Waals surface area contributed by atoms with Gasteiger partial charge in [-0.15, -0.1) is 0 Å². The zero-order valence-corrected chi connectivity index (χ0v) is 42.1. The summed E-state index contributed by atoms with van der Waals surface area (Å²) >= 11 is 0. The van der Waals surface area contributed by atoms with Gasteiger partial charge in [-0.25, -0.2) is 9.98 Å². The van der Waals surface area contributed by atoms with Gasteiger partial charge in [0.25, 0.3) is 0 Å². The van der Waals surface area contributed by atoms with Crippen LogP contribution >= 0.6 is 0 Å². The van der Waals surface area contributed by atoms with E-state index in [0.29, 0.717) is 5.84 Å². The first-order valence-electron chi connectivity index (χ1n) is 26.3. The first-order valence-corrected chi connectivity index (χ1v) is 26.3. The van der Waals surface area contributed by atoms with E-state index in [1.165, 1.54) is 38.9 Å². The summed E-state index contributed by atoms with van der Waals surface area (Å²) in [6, 6.07) is 82.2. The number of hydrogen-bond donors (Lipinski definition) is 0. The number of allylic oxidation sites excluding steroid dienone is 1. The summed E-state index contributed by atoms with van der Waals surface area (Å²) in [7, 11) is 0. The molecule has 13 rings (SSSR count). The molecule has 4 nitrogen and oxygen atoms in total. The second-order valence-electron chi connectivity index (χ2n) is 19.8. The van der Waals surface area contributed by atoms with Crippen LogP contribution in [0.1, 0.15) is 65.5 Å². The molecule has 10 aromatic carbocycles. The van der Waals surface area contributed by atoms with E-state index < -0.39 is 0 Å². The molecule has 1 aliphatic rings. The van der Waals surface area contributed by atoms with Crippen molar-refractivity contribution in [1.29, 1.82) is 0 Å². The van der Waals surface area contributed by atoms with E-state index in [1.54, 1.807) is 0 Å². The molecule has 0 saturated heterocycles. The van der Waals surface area contributed by atoms with Gasteiger partial charge in [0, 0.05) is 32.7 Å². The average molecular weight is 967 g/mol. The molecule has 0 radical (unpaired) electrons. The van der Waals surface area contributed by atoms with Crippen molar-refractivity contribution in [3.63, 3.8) is 0 Å². The van der Waals surface area contributed by atoms with Crippen LogP contribution in [-0.2, 0) is 6.42 Å². The molecule has 0 bridgehead atoms. The second-order valence-corrected chi connectivity index (χ2v) is 19.8. The van der Waals surface area contributed by atoms with Crippen LogP contribution < -0.4 is 0 Å². The lowest BCUT2D eigenvalue weighted by Crippen LogP contribution is -2.09. The Balaban J connectivity index is 0.938. The molecular formula is C71H54N2O2. The van der Waals surface area contributed by atoms with Crippen LogP contribution in [0.4, 0.5) is 0 Å². The molecule has 12 aromatic rings. The van der Waals surface area contributed by atoms with Crippen molar-refractivity contribution in [3.05, 3.63) is 270 Å². The van der Waals surface area contributed by atoms with Crippen LogP contribution in [0.3, 0.4) is 0 Å². The number of amidine groups is 1. The molecule has 0 N–H and O–H groups in total. The molecule has 0 amide bonds. The number of hydrogen-bond acceptors (Lipinski definition) is 4. The fraction of sp³-hybridized carbons (Fsp3) is 0.0986. The largest absolute Gasteiger partial charge is 0.456 e. The SMILES string of the molecule is CCC(Cc1c(-c2cccc3c2oc2cccc(-c4cccc(/C5=N/C(c6ccccc6)=N\C(c6ccccc6)=C/CC5)c4)c23)ccc2oc3ccccc3c12)c1ccc(-c2ccccc2)cc1-c1ccccc1C. The fourth-order valence-corrected chi connectivity index (χ4v) is 11.5. The summed E-state index contributed by atoms with van der Waals surface area (Å²) < 4.78 is 13.8. The lowest BCUT2D eigenvalue weighted by molar-refractivity contribution is 0.658.